The molecule has 5 nitrogen and oxygen atoms in total. The van der Waals surface area contributed by atoms with Crippen LogP contribution in [0.1, 0.15) is 45.6 Å². The molecule has 0 aliphatic carbocycles. The maximum Gasteiger partial charge on any atom is 0.286 e. The largest absolute Gasteiger partial charge is 0.459 e. The van der Waals surface area contributed by atoms with Gasteiger partial charge in [0.1, 0.15) is 0 Å². The van der Waals surface area contributed by atoms with Crippen molar-refractivity contribution in [2.45, 2.75) is 52.9 Å². The highest BCUT2D eigenvalue weighted by Gasteiger charge is 2.33. The number of allylic oxidation sites excluding steroid dienone is 1. The Kier molecular flexibility index (Phi) is 7.66. The number of aliphatic hydroxyl groups is 1. The summed E-state index contributed by atoms with van der Waals surface area (Å²) < 4.78 is 11.6. The Bertz CT molecular complexity index is 592. The molecule has 1 aliphatic rings. The Morgan fingerprint density at radius 2 is 2.00 bits per heavy atom. The number of carbonyl (C=O) groups is 1. The van der Waals surface area contributed by atoms with Crippen LogP contribution in [0.3, 0.4) is 0 Å². The van der Waals surface area contributed by atoms with Crippen molar-refractivity contribution in [2.24, 2.45) is 11.3 Å². The number of benzene rings is 1. The number of nitrogens with one attached hydrogen (secondary N) is 1. The van der Waals surface area contributed by atoms with Crippen LogP contribution >= 0.6 is 0 Å². The Morgan fingerprint density at radius 1 is 1.27 bits per heavy atom. The predicted octanol–water partition coefficient (Wildman–Crippen LogP) is 3.38. The fourth-order valence-corrected chi connectivity index (χ4v) is 2.82. The van der Waals surface area contributed by atoms with E-state index in [4.69, 9.17) is 14.6 Å². The summed E-state index contributed by atoms with van der Waals surface area (Å²) in [4.78, 5) is 12.6. The second-order valence-corrected chi connectivity index (χ2v) is 7.76. The minimum atomic E-state index is -0.430. The van der Waals surface area contributed by atoms with Crippen LogP contribution in [0, 0.1) is 11.3 Å². The van der Waals surface area contributed by atoms with Gasteiger partial charge in [-0.25, -0.2) is 0 Å². The lowest BCUT2D eigenvalue weighted by molar-refractivity contribution is -0.153. The SMILES string of the molecule is CC(C)(C)[C@@H]1C=C(C(=O)NCc2ccccc2)O[C@H](OCCCCO)C1. The van der Waals surface area contributed by atoms with Crippen molar-refractivity contribution in [3.8, 4) is 0 Å². The number of ether oxygens (including phenoxy) is 2. The summed E-state index contributed by atoms with van der Waals surface area (Å²) in [6.45, 7) is 7.60. The van der Waals surface area contributed by atoms with Crippen LogP contribution in [-0.2, 0) is 20.8 Å². The van der Waals surface area contributed by atoms with Crippen LogP contribution in [0.15, 0.2) is 42.2 Å². The van der Waals surface area contributed by atoms with Gasteiger partial charge < -0.3 is 19.9 Å². The maximum absolute atomic E-state index is 12.6. The minimum absolute atomic E-state index is 0.0153. The minimum Gasteiger partial charge on any atom is -0.459 e. The normalized spacial score (nSPS) is 20.2. The summed E-state index contributed by atoms with van der Waals surface area (Å²) in [6.07, 6.45) is 3.69. The van der Waals surface area contributed by atoms with Crippen LogP contribution in [0.5, 0.6) is 0 Å². The molecule has 0 saturated carbocycles. The Morgan fingerprint density at radius 3 is 2.65 bits per heavy atom. The average Bonchev–Trinajstić information content (AvgIpc) is 2.63. The van der Waals surface area contributed by atoms with Crippen LogP contribution in [0.25, 0.3) is 0 Å². The Balaban J connectivity index is 1.98. The summed E-state index contributed by atoms with van der Waals surface area (Å²) in [6, 6.07) is 9.79. The molecule has 0 spiro atoms. The van der Waals surface area contributed by atoms with Crippen molar-refractivity contribution in [1.82, 2.24) is 5.32 Å². The second kappa shape index (κ2) is 9.74. The zero-order chi connectivity index (χ0) is 19.0. The average molecular weight is 361 g/mol. The number of unbranched alkanes of at least 4 members (excludes halogenated alkanes) is 1. The predicted molar refractivity (Wildman–Crippen MR) is 101 cm³/mol. The molecule has 1 aromatic carbocycles. The van der Waals surface area contributed by atoms with E-state index in [1.54, 1.807) is 0 Å². The summed E-state index contributed by atoms with van der Waals surface area (Å²) >= 11 is 0. The lowest BCUT2D eigenvalue weighted by atomic mass is 9.77. The van der Waals surface area contributed by atoms with Gasteiger partial charge in [0, 0.05) is 19.6 Å². The van der Waals surface area contributed by atoms with Crippen molar-refractivity contribution < 1.29 is 19.4 Å². The van der Waals surface area contributed by atoms with Gasteiger partial charge in [-0.05, 0) is 35.8 Å². The van der Waals surface area contributed by atoms with Gasteiger partial charge in [0.2, 0.25) is 6.29 Å². The molecule has 0 fully saturated rings. The Labute approximate surface area is 156 Å². The van der Waals surface area contributed by atoms with E-state index in [9.17, 15) is 4.79 Å². The molecule has 5 heteroatoms. The molecule has 1 heterocycles. The van der Waals surface area contributed by atoms with E-state index >= 15 is 0 Å². The number of hydrogen-bond acceptors (Lipinski definition) is 4. The van der Waals surface area contributed by atoms with Gasteiger partial charge in [-0.2, -0.15) is 0 Å². The van der Waals surface area contributed by atoms with Gasteiger partial charge >= 0.3 is 0 Å². The van der Waals surface area contributed by atoms with Gasteiger partial charge in [-0.15, -0.1) is 0 Å². The van der Waals surface area contributed by atoms with Gasteiger partial charge in [-0.1, -0.05) is 51.1 Å². The standard InChI is InChI=1S/C21H31NO4/c1-21(2,3)17-13-18(26-19(14-17)25-12-8-7-11-23)20(24)22-15-16-9-5-4-6-10-16/h4-6,9-10,13,17,19,23H,7-8,11-12,14-15H2,1-3H3,(H,22,24)/t17-,19+/m1/s1. The molecule has 1 aromatic rings. The lowest BCUT2D eigenvalue weighted by Crippen LogP contribution is -2.36. The first-order valence-electron chi connectivity index (χ1n) is 9.33. The van der Waals surface area contributed by atoms with Crippen molar-refractivity contribution in [1.29, 1.82) is 0 Å². The molecular weight excluding hydrogens is 330 g/mol. The third-order valence-electron chi connectivity index (χ3n) is 4.55. The third-order valence-corrected chi connectivity index (χ3v) is 4.55. The third kappa shape index (κ3) is 6.46. The Hall–Kier alpha value is -1.85. The molecular formula is C21H31NO4. The molecule has 1 aliphatic heterocycles. The fraction of sp³-hybridized carbons (Fsp3) is 0.571. The van der Waals surface area contributed by atoms with Gasteiger partial charge in [0.05, 0.1) is 6.61 Å². The molecule has 0 bridgehead atoms. The summed E-state index contributed by atoms with van der Waals surface area (Å²) in [5.41, 5.74) is 1.06. The van der Waals surface area contributed by atoms with E-state index < -0.39 is 6.29 Å². The topological polar surface area (TPSA) is 67.8 Å². The van der Waals surface area contributed by atoms with Crippen molar-refractivity contribution >= 4 is 5.91 Å². The second-order valence-electron chi connectivity index (χ2n) is 7.76. The fourth-order valence-electron chi connectivity index (χ4n) is 2.82. The van der Waals surface area contributed by atoms with Gasteiger partial charge in [0.15, 0.2) is 5.76 Å². The maximum atomic E-state index is 12.6. The van der Waals surface area contributed by atoms with Gasteiger partial charge in [0.25, 0.3) is 5.91 Å². The molecule has 0 radical (unpaired) electrons. The molecule has 0 unspecified atom stereocenters. The molecule has 1 amide bonds. The molecule has 0 saturated heterocycles. The van der Waals surface area contributed by atoms with E-state index in [-0.39, 0.29) is 23.8 Å². The van der Waals surface area contributed by atoms with Crippen molar-refractivity contribution in [2.75, 3.05) is 13.2 Å². The van der Waals surface area contributed by atoms with Crippen LogP contribution in [-0.4, -0.2) is 30.5 Å². The molecule has 2 N–H and O–H groups in total. The molecule has 2 atom stereocenters. The van der Waals surface area contributed by atoms with E-state index in [2.05, 4.69) is 26.1 Å². The van der Waals surface area contributed by atoms with E-state index in [0.717, 1.165) is 18.4 Å². The summed E-state index contributed by atoms with van der Waals surface area (Å²) in [5, 5.41) is 11.8. The molecule has 26 heavy (non-hydrogen) atoms. The summed E-state index contributed by atoms with van der Waals surface area (Å²) in [5.74, 6) is 0.308. The van der Waals surface area contributed by atoms with E-state index in [1.165, 1.54) is 0 Å². The van der Waals surface area contributed by atoms with Crippen LogP contribution in [0.4, 0.5) is 0 Å². The number of rotatable bonds is 8. The van der Waals surface area contributed by atoms with Crippen LogP contribution < -0.4 is 5.32 Å². The number of carbonyl (C=O) groups excluding carboxylic acids is 1. The highest BCUT2D eigenvalue weighted by atomic mass is 16.7. The first kappa shape index (κ1) is 20.5. The first-order chi connectivity index (χ1) is 12.4. The lowest BCUT2D eigenvalue weighted by Gasteiger charge is -2.35. The molecule has 0 aromatic heterocycles. The van der Waals surface area contributed by atoms with Gasteiger partial charge in [-0.3, -0.25) is 4.79 Å². The first-order valence-corrected chi connectivity index (χ1v) is 9.33. The monoisotopic (exact) mass is 361 g/mol. The molecule has 2 rings (SSSR count). The quantitative estimate of drug-likeness (QED) is 0.697. The smallest absolute Gasteiger partial charge is 0.286 e. The number of amides is 1. The number of hydrogen-bond donors (Lipinski definition) is 2. The highest BCUT2D eigenvalue weighted by Crippen LogP contribution is 2.36. The van der Waals surface area contributed by atoms with Crippen molar-refractivity contribution in [3.05, 3.63) is 47.7 Å². The van der Waals surface area contributed by atoms with Crippen LogP contribution in [0.2, 0.25) is 0 Å². The number of aliphatic hydroxyl groups excluding tert-OH is 1. The van der Waals surface area contributed by atoms with Crippen molar-refractivity contribution in [3.63, 3.8) is 0 Å². The van der Waals surface area contributed by atoms with E-state index in [0.29, 0.717) is 25.3 Å². The zero-order valence-corrected chi connectivity index (χ0v) is 16.0. The van der Waals surface area contributed by atoms with E-state index in [1.807, 2.05) is 36.4 Å². The molecule has 144 valence electrons. The highest BCUT2D eigenvalue weighted by molar-refractivity contribution is 5.91. The zero-order valence-electron chi connectivity index (χ0n) is 16.0. The summed E-state index contributed by atoms with van der Waals surface area (Å²) in [7, 11) is 0.